The van der Waals surface area contributed by atoms with E-state index in [1.165, 1.54) is 10.5 Å². The first-order valence-corrected chi connectivity index (χ1v) is 12.0. The normalized spacial score (nSPS) is 14.8. The van der Waals surface area contributed by atoms with E-state index in [0.717, 1.165) is 58.4 Å². The van der Waals surface area contributed by atoms with Gasteiger partial charge >= 0.3 is 0 Å². The van der Waals surface area contributed by atoms with Crippen LogP contribution >= 0.6 is 27.9 Å². The maximum Gasteiger partial charge on any atom is 0.150 e. The summed E-state index contributed by atoms with van der Waals surface area (Å²) in [4.78, 5) is 5.87. The minimum Gasteiger partial charge on any atom is -0.490 e. The summed E-state index contributed by atoms with van der Waals surface area (Å²) in [6.07, 6.45) is 6.16. The number of rotatable bonds is 5. The molecule has 1 saturated heterocycles. The van der Waals surface area contributed by atoms with Crippen LogP contribution in [0.25, 0.3) is 22.2 Å². The molecular weight excluding hydrogens is 472 g/mol. The van der Waals surface area contributed by atoms with E-state index in [9.17, 15) is 0 Å². The molecule has 0 saturated carbocycles. The van der Waals surface area contributed by atoms with Crippen molar-refractivity contribution in [2.75, 3.05) is 13.2 Å². The van der Waals surface area contributed by atoms with Gasteiger partial charge in [0.15, 0.2) is 5.65 Å². The van der Waals surface area contributed by atoms with E-state index in [-0.39, 0.29) is 6.10 Å². The third-order valence-electron chi connectivity index (χ3n) is 5.44. The summed E-state index contributed by atoms with van der Waals surface area (Å²) in [5, 5.41) is 1.12. The van der Waals surface area contributed by atoms with E-state index in [0.29, 0.717) is 0 Å². The number of hydrogen-bond donors (Lipinski definition) is 0. The summed E-state index contributed by atoms with van der Waals surface area (Å²) in [7, 11) is 0. The van der Waals surface area contributed by atoms with E-state index >= 15 is 0 Å². The van der Waals surface area contributed by atoms with Crippen LogP contribution < -0.4 is 4.74 Å². The monoisotopic (exact) mass is 494 g/mol. The van der Waals surface area contributed by atoms with Gasteiger partial charge < -0.3 is 9.47 Å². The SMILES string of the molecule is Cc1ccc(Sn2cc(-c3ccc(OC4CCOCC4)cc3)c3cc(Br)cnc32)cc1. The molecule has 0 bridgehead atoms. The summed E-state index contributed by atoms with van der Waals surface area (Å²) in [5.41, 5.74) is 4.51. The molecule has 2 aromatic heterocycles. The van der Waals surface area contributed by atoms with Gasteiger partial charge in [0.1, 0.15) is 11.9 Å². The summed E-state index contributed by atoms with van der Waals surface area (Å²) in [5.74, 6) is 0.910. The molecule has 3 heterocycles. The Morgan fingerprint density at radius 1 is 1.06 bits per heavy atom. The number of ether oxygens (including phenoxy) is 2. The number of nitrogens with zero attached hydrogens (tertiary/aromatic N) is 2. The lowest BCUT2D eigenvalue weighted by Gasteiger charge is -2.23. The minimum atomic E-state index is 0.243. The van der Waals surface area contributed by atoms with Crippen LogP contribution in [0.1, 0.15) is 18.4 Å². The molecule has 0 aliphatic carbocycles. The van der Waals surface area contributed by atoms with Crippen LogP contribution in [-0.2, 0) is 4.74 Å². The van der Waals surface area contributed by atoms with E-state index in [1.807, 2.05) is 6.20 Å². The van der Waals surface area contributed by atoms with Gasteiger partial charge in [-0.15, -0.1) is 0 Å². The molecule has 5 rings (SSSR count). The van der Waals surface area contributed by atoms with Crippen LogP contribution in [0.15, 0.2) is 76.4 Å². The fourth-order valence-electron chi connectivity index (χ4n) is 3.77. The number of halogens is 1. The highest BCUT2D eigenvalue weighted by Crippen LogP contribution is 2.36. The van der Waals surface area contributed by atoms with Crippen molar-refractivity contribution < 1.29 is 9.47 Å². The number of benzene rings is 2. The Labute approximate surface area is 194 Å². The van der Waals surface area contributed by atoms with Crippen molar-refractivity contribution in [3.63, 3.8) is 0 Å². The molecule has 4 nitrogen and oxygen atoms in total. The first-order valence-electron chi connectivity index (χ1n) is 10.4. The molecule has 1 fully saturated rings. The molecule has 0 amide bonds. The Balaban J connectivity index is 1.46. The zero-order chi connectivity index (χ0) is 21.2. The third-order valence-corrected chi connectivity index (χ3v) is 6.83. The quantitative estimate of drug-likeness (QED) is 0.302. The molecule has 1 aliphatic rings. The topological polar surface area (TPSA) is 36.3 Å². The molecule has 0 N–H and O–H groups in total. The molecule has 4 aromatic rings. The first-order chi connectivity index (χ1) is 15.2. The van der Waals surface area contributed by atoms with Gasteiger partial charge in [-0.2, -0.15) is 0 Å². The van der Waals surface area contributed by atoms with Gasteiger partial charge in [-0.05, 0) is 70.7 Å². The van der Waals surface area contributed by atoms with Gasteiger partial charge in [0.25, 0.3) is 0 Å². The van der Waals surface area contributed by atoms with Crippen LogP contribution in [0.4, 0.5) is 0 Å². The van der Waals surface area contributed by atoms with Crippen LogP contribution in [0.5, 0.6) is 5.75 Å². The lowest BCUT2D eigenvalue weighted by atomic mass is 10.1. The van der Waals surface area contributed by atoms with Gasteiger partial charge in [0.05, 0.1) is 13.2 Å². The predicted molar refractivity (Wildman–Crippen MR) is 130 cm³/mol. The Bertz CT molecular complexity index is 1180. The van der Waals surface area contributed by atoms with Crippen LogP contribution in [0.2, 0.25) is 0 Å². The standard InChI is InChI=1S/C25H23BrN2O2S/c1-17-2-8-22(9-3-17)31-28-16-24(23-14-19(26)15-27-25(23)28)18-4-6-20(7-5-18)30-21-10-12-29-13-11-21/h2-9,14-16,21H,10-13H2,1H3. The number of hydrogen-bond acceptors (Lipinski definition) is 4. The van der Waals surface area contributed by atoms with Crippen molar-refractivity contribution in [1.82, 2.24) is 8.96 Å². The van der Waals surface area contributed by atoms with E-state index in [4.69, 9.17) is 14.5 Å². The number of aromatic nitrogens is 2. The molecule has 1 aliphatic heterocycles. The van der Waals surface area contributed by atoms with E-state index in [1.54, 1.807) is 11.9 Å². The van der Waals surface area contributed by atoms with E-state index in [2.05, 4.69) is 87.6 Å². The lowest BCUT2D eigenvalue weighted by Crippen LogP contribution is -2.25. The zero-order valence-corrected chi connectivity index (χ0v) is 19.7. The van der Waals surface area contributed by atoms with Gasteiger partial charge in [-0.25, -0.2) is 4.98 Å². The molecule has 6 heteroatoms. The molecule has 2 aromatic carbocycles. The Kier molecular flexibility index (Phi) is 6.03. The Morgan fingerprint density at radius 3 is 2.55 bits per heavy atom. The maximum absolute atomic E-state index is 6.14. The highest BCUT2D eigenvalue weighted by atomic mass is 79.9. The van der Waals surface area contributed by atoms with Crippen LogP contribution in [0.3, 0.4) is 0 Å². The van der Waals surface area contributed by atoms with Crippen molar-refractivity contribution >= 4 is 38.9 Å². The number of pyridine rings is 1. The smallest absolute Gasteiger partial charge is 0.150 e. The minimum absolute atomic E-state index is 0.243. The maximum atomic E-state index is 6.14. The molecule has 31 heavy (non-hydrogen) atoms. The molecule has 0 radical (unpaired) electrons. The van der Waals surface area contributed by atoms with Crippen molar-refractivity contribution in [2.45, 2.75) is 30.8 Å². The molecular formula is C25H23BrN2O2S. The lowest BCUT2D eigenvalue weighted by molar-refractivity contribution is 0.0256. The highest BCUT2D eigenvalue weighted by Gasteiger charge is 2.16. The van der Waals surface area contributed by atoms with Gasteiger partial charge in [-0.3, -0.25) is 3.97 Å². The van der Waals surface area contributed by atoms with Gasteiger partial charge in [0.2, 0.25) is 0 Å². The second kappa shape index (κ2) is 9.07. The van der Waals surface area contributed by atoms with Crippen LogP contribution in [0, 0.1) is 6.92 Å². The molecule has 0 unspecified atom stereocenters. The van der Waals surface area contributed by atoms with Crippen LogP contribution in [-0.4, -0.2) is 28.3 Å². The van der Waals surface area contributed by atoms with Gasteiger partial charge in [-0.1, -0.05) is 29.8 Å². The fourth-order valence-corrected chi connectivity index (χ4v) is 4.97. The second-order valence-corrected chi connectivity index (χ2v) is 9.71. The largest absolute Gasteiger partial charge is 0.490 e. The Hall–Kier alpha value is -2.28. The summed E-state index contributed by atoms with van der Waals surface area (Å²) in [6, 6.07) is 19.1. The summed E-state index contributed by atoms with van der Waals surface area (Å²) < 4.78 is 14.7. The van der Waals surface area contributed by atoms with E-state index < -0.39 is 0 Å². The van der Waals surface area contributed by atoms with Crippen molar-refractivity contribution in [3.05, 3.63) is 77.0 Å². The molecule has 0 spiro atoms. The zero-order valence-electron chi connectivity index (χ0n) is 17.3. The number of aryl methyl sites for hydroxylation is 1. The first kappa shape index (κ1) is 20.6. The predicted octanol–water partition coefficient (Wildman–Crippen LogP) is 6.89. The van der Waals surface area contributed by atoms with Crippen molar-refractivity contribution in [2.24, 2.45) is 0 Å². The Morgan fingerprint density at radius 2 is 1.81 bits per heavy atom. The van der Waals surface area contributed by atoms with Crippen molar-refractivity contribution in [3.8, 4) is 16.9 Å². The fraction of sp³-hybridized carbons (Fsp3) is 0.240. The van der Waals surface area contributed by atoms with Crippen molar-refractivity contribution in [1.29, 1.82) is 0 Å². The summed E-state index contributed by atoms with van der Waals surface area (Å²) >= 11 is 5.26. The summed E-state index contributed by atoms with van der Waals surface area (Å²) in [6.45, 7) is 3.66. The molecule has 0 atom stereocenters. The average molecular weight is 495 g/mol. The molecule has 158 valence electrons. The third kappa shape index (κ3) is 4.66. The highest BCUT2D eigenvalue weighted by molar-refractivity contribution is 9.10. The van der Waals surface area contributed by atoms with Gasteiger partial charge in [0, 0.05) is 45.6 Å². The number of fused-ring (bicyclic) bond motifs is 1. The average Bonchev–Trinajstić information content (AvgIpc) is 3.14. The second-order valence-electron chi connectivity index (χ2n) is 7.75.